The fraction of sp³-hybridized carbons (Fsp3) is 0.684. The lowest BCUT2D eigenvalue weighted by atomic mass is 9.49. The fourth-order valence-electron chi connectivity index (χ4n) is 5.67. The van der Waals surface area contributed by atoms with Crippen molar-refractivity contribution in [2.24, 2.45) is 23.2 Å². The maximum atomic E-state index is 11.8. The van der Waals surface area contributed by atoms with E-state index in [1.54, 1.807) is 6.08 Å². The number of fused-ring (bicyclic) bond motifs is 5. The van der Waals surface area contributed by atoms with Crippen molar-refractivity contribution in [3.63, 3.8) is 0 Å². The molecule has 0 spiro atoms. The molecule has 4 rings (SSSR count). The Hall–Kier alpha value is -1.42. The zero-order valence-electron chi connectivity index (χ0n) is 13.7. The predicted molar refractivity (Wildman–Crippen MR) is 84.4 cm³/mol. The highest BCUT2D eigenvalue weighted by atomic mass is 16.6. The molecule has 23 heavy (non-hydrogen) atoms. The summed E-state index contributed by atoms with van der Waals surface area (Å²) in [5, 5.41) is 10.0. The third-order valence-corrected chi connectivity index (χ3v) is 6.97. The van der Waals surface area contributed by atoms with Crippen LogP contribution in [0.1, 0.15) is 46.0 Å². The Morgan fingerprint density at radius 2 is 2.00 bits per heavy atom. The molecule has 0 unspecified atom stereocenters. The smallest absolute Gasteiger partial charge is 0.335 e. The Balaban J connectivity index is 1.69. The van der Waals surface area contributed by atoms with Crippen LogP contribution in [0.3, 0.4) is 0 Å². The average molecular weight is 316 g/mol. The topological polar surface area (TPSA) is 63.6 Å². The summed E-state index contributed by atoms with van der Waals surface area (Å²) in [5.74, 6) is 0.718. The van der Waals surface area contributed by atoms with E-state index in [0.29, 0.717) is 18.3 Å². The van der Waals surface area contributed by atoms with E-state index in [9.17, 15) is 14.7 Å². The van der Waals surface area contributed by atoms with Crippen molar-refractivity contribution in [3.05, 3.63) is 23.8 Å². The van der Waals surface area contributed by atoms with Gasteiger partial charge in [-0.15, -0.1) is 0 Å². The average Bonchev–Trinajstić information content (AvgIpc) is 2.49. The minimum Gasteiger partial charge on any atom is -0.457 e. The number of esters is 1. The molecule has 1 aliphatic heterocycles. The van der Waals surface area contributed by atoms with E-state index >= 15 is 0 Å². The number of ketones is 1. The zero-order chi connectivity index (χ0) is 16.4. The van der Waals surface area contributed by atoms with E-state index < -0.39 is 17.7 Å². The van der Waals surface area contributed by atoms with Crippen molar-refractivity contribution in [1.29, 1.82) is 0 Å². The molecule has 3 aliphatic carbocycles. The van der Waals surface area contributed by atoms with Crippen LogP contribution < -0.4 is 0 Å². The third kappa shape index (κ3) is 2.07. The zero-order valence-corrected chi connectivity index (χ0v) is 13.7. The first-order valence-electron chi connectivity index (χ1n) is 8.69. The van der Waals surface area contributed by atoms with Crippen molar-refractivity contribution < 1.29 is 19.4 Å². The summed E-state index contributed by atoms with van der Waals surface area (Å²) in [6, 6.07) is 0. The standard InChI is InChI=1S/C19H24O4/c1-18-7-5-12(20)9-11(18)3-4-13-14(18)6-8-19(2)15(13)10-16(21)17(22)23-19/h5,7,9,13-16,21H,3-4,6,8,10H2,1-2H3/t13-,14+,15-,16-,18+,19+/m0/s1. The summed E-state index contributed by atoms with van der Waals surface area (Å²) in [6.45, 7) is 4.28. The van der Waals surface area contributed by atoms with Gasteiger partial charge in [-0.2, -0.15) is 0 Å². The van der Waals surface area contributed by atoms with Crippen LogP contribution in [0.25, 0.3) is 0 Å². The number of allylic oxidation sites excluding steroid dienone is 4. The van der Waals surface area contributed by atoms with Crippen LogP contribution in [0.2, 0.25) is 0 Å². The lowest BCUT2D eigenvalue weighted by Crippen LogP contribution is -2.58. The summed E-state index contributed by atoms with van der Waals surface area (Å²) in [7, 11) is 0. The number of hydrogen-bond acceptors (Lipinski definition) is 4. The number of aliphatic hydroxyl groups excluding tert-OH is 1. The van der Waals surface area contributed by atoms with Gasteiger partial charge in [0.25, 0.3) is 0 Å². The van der Waals surface area contributed by atoms with Crippen LogP contribution in [0.15, 0.2) is 23.8 Å². The van der Waals surface area contributed by atoms with E-state index in [0.717, 1.165) is 25.7 Å². The number of rotatable bonds is 0. The Bertz CT molecular complexity index is 633. The number of ether oxygens (including phenoxy) is 1. The van der Waals surface area contributed by atoms with Gasteiger partial charge in [-0.25, -0.2) is 4.79 Å². The Labute approximate surface area is 136 Å². The summed E-state index contributed by atoms with van der Waals surface area (Å²) in [6.07, 6.45) is 8.90. The molecule has 1 heterocycles. The lowest BCUT2D eigenvalue weighted by Gasteiger charge is -2.58. The molecule has 4 aliphatic rings. The normalized spacial score (nSPS) is 48.7. The second-order valence-electron chi connectivity index (χ2n) is 8.13. The van der Waals surface area contributed by atoms with Gasteiger partial charge in [0.05, 0.1) is 0 Å². The molecular weight excluding hydrogens is 292 g/mol. The lowest BCUT2D eigenvalue weighted by molar-refractivity contribution is -0.209. The van der Waals surface area contributed by atoms with Gasteiger partial charge in [-0.3, -0.25) is 4.79 Å². The Kier molecular flexibility index (Phi) is 3.15. The summed E-state index contributed by atoms with van der Waals surface area (Å²) in [5.41, 5.74) is 0.747. The van der Waals surface area contributed by atoms with Gasteiger partial charge in [0.1, 0.15) is 5.60 Å². The highest BCUT2D eigenvalue weighted by Gasteiger charge is 2.58. The number of carbonyl (C=O) groups is 2. The van der Waals surface area contributed by atoms with E-state index in [2.05, 4.69) is 13.0 Å². The first kappa shape index (κ1) is 15.1. The van der Waals surface area contributed by atoms with Crippen LogP contribution in [-0.4, -0.2) is 28.6 Å². The van der Waals surface area contributed by atoms with Crippen molar-refractivity contribution >= 4 is 11.8 Å². The molecule has 0 aromatic heterocycles. The van der Waals surface area contributed by atoms with Crippen LogP contribution in [0.4, 0.5) is 0 Å². The highest BCUT2D eigenvalue weighted by molar-refractivity contribution is 6.01. The molecule has 0 aromatic carbocycles. The maximum Gasteiger partial charge on any atom is 0.335 e. The number of carbonyl (C=O) groups excluding carboxylic acids is 2. The molecule has 3 fully saturated rings. The summed E-state index contributed by atoms with van der Waals surface area (Å²) < 4.78 is 5.65. The van der Waals surface area contributed by atoms with E-state index in [1.165, 1.54) is 5.57 Å². The minimum absolute atomic E-state index is 0.0649. The van der Waals surface area contributed by atoms with Gasteiger partial charge in [0.15, 0.2) is 11.9 Å². The molecule has 0 radical (unpaired) electrons. The Morgan fingerprint density at radius 1 is 1.22 bits per heavy atom. The van der Waals surface area contributed by atoms with Gasteiger partial charge >= 0.3 is 5.97 Å². The van der Waals surface area contributed by atoms with E-state index in [-0.39, 0.29) is 17.1 Å². The van der Waals surface area contributed by atoms with Crippen molar-refractivity contribution in [2.75, 3.05) is 0 Å². The predicted octanol–water partition coefficient (Wildman–Crippen LogP) is 2.56. The van der Waals surface area contributed by atoms with Crippen molar-refractivity contribution in [3.8, 4) is 0 Å². The molecule has 1 saturated heterocycles. The van der Waals surface area contributed by atoms with Crippen molar-refractivity contribution in [1.82, 2.24) is 0 Å². The first-order chi connectivity index (χ1) is 10.8. The van der Waals surface area contributed by atoms with Gasteiger partial charge in [-0.1, -0.05) is 18.6 Å². The molecule has 0 amide bonds. The van der Waals surface area contributed by atoms with Gasteiger partial charge in [-0.05, 0) is 63.0 Å². The molecule has 4 heteroatoms. The second kappa shape index (κ2) is 4.79. The van der Waals surface area contributed by atoms with Crippen LogP contribution in [0.5, 0.6) is 0 Å². The second-order valence-corrected chi connectivity index (χ2v) is 8.13. The van der Waals surface area contributed by atoms with Crippen LogP contribution in [-0.2, 0) is 14.3 Å². The third-order valence-electron chi connectivity index (χ3n) is 6.97. The molecule has 0 aromatic rings. The van der Waals surface area contributed by atoms with E-state index in [4.69, 9.17) is 4.74 Å². The van der Waals surface area contributed by atoms with Gasteiger partial charge < -0.3 is 9.84 Å². The maximum absolute atomic E-state index is 11.8. The highest BCUT2D eigenvalue weighted by Crippen LogP contribution is 2.60. The summed E-state index contributed by atoms with van der Waals surface area (Å²) >= 11 is 0. The number of aliphatic hydroxyl groups is 1. The monoisotopic (exact) mass is 316 g/mol. The Morgan fingerprint density at radius 3 is 2.78 bits per heavy atom. The van der Waals surface area contributed by atoms with Crippen LogP contribution >= 0.6 is 0 Å². The first-order valence-corrected chi connectivity index (χ1v) is 8.69. The van der Waals surface area contributed by atoms with Crippen LogP contribution in [0, 0.1) is 23.2 Å². The molecule has 124 valence electrons. The SMILES string of the molecule is C[C@@]12CC[C@@H]3[C@H](CCC4=CC(=O)C=C[C@]43C)[C@@H]1C[C@H](O)C(=O)O2. The molecule has 0 bridgehead atoms. The molecule has 4 nitrogen and oxygen atoms in total. The molecule has 2 saturated carbocycles. The largest absolute Gasteiger partial charge is 0.457 e. The summed E-state index contributed by atoms with van der Waals surface area (Å²) in [4.78, 5) is 23.5. The molecular formula is C19H24O4. The van der Waals surface area contributed by atoms with Gasteiger partial charge in [0.2, 0.25) is 0 Å². The number of hydrogen-bond donors (Lipinski definition) is 1. The van der Waals surface area contributed by atoms with Crippen molar-refractivity contribution in [2.45, 2.75) is 57.7 Å². The quantitative estimate of drug-likeness (QED) is 0.698. The molecule has 1 N–H and O–H groups in total. The van der Waals surface area contributed by atoms with Gasteiger partial charge in [0, 0.05) is 11.3 Å². The minimum atomic E-state index is -0.986. The molecule has 6 atom stereocenters. The van der Waals surface area contributed by atoms with E-state index in [1.807, 2.05) is 13.0 Å². The fourth-order valence-corrected chi connectivity index (χ4v) is 5.67.